The molecule has 1 aromatic rings. The SMILES string of the molecule is CC(C)c1c(O)c2c(c(C(C)C)c1C(C)C)CCCC2. The van der Waals surface area contributed by atoms with Gasteiger partial charge in [-0.25, -0.2) is 0 Å². The van der Waals surface area contributed by atoms with Crippen LogP contribution in [-0.2, 0) is 12.8 Å². The summed E-state index contributed by atoms with van der Waals surface area (Å²) in [6, 6.07) is 0. The molecule has 1 heteroatoms. The van der Waals surface area contributed by atoms with Crippen molar-refractivity contribution in [2.24, 2.45) is 0 Å². The molecule has 0 atom stereocenters. The lowest BCUT2D eigenvalue weighted by Gasteiger charge is -2.31. The van der Waals surface area contributed by atoms with Crippen LogP contribution in [0.2, 0.25) is 0 Å². The van der Waals surface area contributed by atoms with Gasteiger partial charge in [-0.2, -0.15) is 0 Å². The minimum atomic E-state index is 0.386. The van der Waals surface area contributed by atoms with Gasteiger partial charge in [-0.15, -0.1) is 0 Å². The molecule has 0 heterocycles. The van der Waals surface area contributed by atoms with E-state index in [1.807, 2.05) is 0 Å². The molecule has 0 saturated carbocycles. The van der Waals surface area contributed by atoms with E-state index in [9.17, 15) is 5.11 Å². The third-order valence-electron chi connectivity index (χ3n) is 4.65. The molecule has 1 aliphatic rings. The fourth-order valence-electron chi connectivity index (χ4n) is 3.93. The van der Waals surface area contributed by atoms with Gasteiger partial charge in [-0.1, -0.05) is 41.5 Å². The van der Waals surface area contributed by atoms with Crippen LogP contribution in [0.4, 0.5) is 0 Å². The number of phenols is 1. The Hall–Kier alpha value is -0.980. The molecule has 0 bridgehead atoms. The smallest absolute Gasteiger partial charge is 0.122 e. The predicted octanol–water partition coefficient (Wildman–Crippen LogP) is 5.64. The molecule has 0 unspecified atom stereocenters. The van der Waals surface area contributed by atoms with Gasteiger partial charge in [0.15, 0.2) is 0 Å². The van der Waals surface area contributed by atoms with Crippen molar-refractivity contribution in [3.05, 3.63) is 27.8 Å². The molecule has 2 rings (SSSR count). The molecule has 20 heavy (non-hydrogen) atoms. The minimum absolute atomic E-state index is 0.386. The van der Waals surface area contributed by atoms with Gasteiger partial charge in [0.1, 0.15) is 5.75 Å². The van der Waals surface area contributed by atoms with E-state index in [1.165, 1.54) is 40.7 Å². The zero-order chi connectivity index (χ0) is 15.0. The first-order chi connectivity index (χ1) is 9.36. The van der Waals surface area contributed by atoms with Crippen LogP contribution in [0.25, 0.3) is 0 Å². The summed E-state index contributed by atoms with van der Waals surface area (Å²) >= 11 is 0. The van der Waals surface area contributed by atoms with Crippen molar-refractivity contribution in [3.63, 3.8) is 0 Å². The van der Waals surface area contributed by atoms with Crippen LogP contribution in [0.1, 0.15) is 100.0 Å². The normalized spacial score (nSPS) is 15.2. The van der Waals surface area contributed by atoms with Crippen molar-refractivity contribution in [3.8, 4) is 5.75 Å². The standard InChI is InChI=1S/C19H30O/c1-11(2)16-14-9-7-8-10-15(14)19(20)18(13(5)6)17(16)12(3)4/h11-13,20H,7-10H2,1-6H3. The fraction of sp³-hybridized carbons (Fsp3) is 0.684. The summed E-state index contributed by atoms with van der Waals surface area (Å²) in [7, 11) is 0. The largest absolute Gasteiger partial charge is 0.507 e. The lowest BCUT2D eigenvalue weighted by atomic mass is 9.74. The van der Waals surface area contributed by atoms with E-state index in [4.69, 9.17) is 0 Å². The third-order valence-corrected chi connectivity index (χ3v) is 4.65. The first-order valence-electron chi connectivity index (χ1n) is 8.26. The van der Waals surface area contributed by atoms with Gasteiger partial charge in [0, 0.05) is 5.56 Å². The van der Waals surface area contributed by atoms with Gasteiger partial charge < -0.3 is 5.11 Å². The predicted molar refractivity (Wildman–Crippen MR) is 87.0 cm³/mol. The summed E-state index contributed by atoms with van der Waals surface area (Å²) in [5, 5.41) is 10.8. The molecule has 0 amide bonds. The van der Waals surface area contributed by atoms with Crippen molar-refractivity contribution in [1.82, 2.24) is 0 Å². The molecule has 112 valence electrons. The number of aromatic hydroxyl groups is 1. The van der Waals surface area contributed by atoms with Crippen molar-refractivity contribution >= 4 is 0 Å². The lowest BCUT2D eigenvalue weighted by Crippen LogP contribution is -2.15. The molecule has 0 aromatic heterocycles. The first-order valence-corrected chi connectivity index (χ1v) is 8.26. The molecule has 1 aromatic carbocycles. The van der Waals surface area contributed by atoms with Crippen molar-refractivity contribution in [2.45, 2.75) is 85.0 Å². The Labute approximate surface area is 124 Å². The molecule has 0 fully saturated rings. The Morgan fingerprint density at radius 3 is 1.55 bits per heavy atom. The molecule has 1 nitrogen and oxygen atoms in total. The number of phenolic OH excluding ortho intramolecular Hbond substituents is 1. The summed E-state index contributed by atoms with van der Waals surface area (Å²) < 4.78 is 0. The number of hydrogen-bond donors (Lipinski definition) is 1. The fourth-order valence-corrected chi connectivity index (χ4v) is 3.93. The van der Waals surface area contributed by atoms with Gasteiger partial charge in [0.25, 0.3) is 0 Å². The van der Waals surface area contributed by atoms with Gasteiger partial charge in [0.05, 0.1) is 0 Å². The Morgan fingerprint density at radius 1 is 0.650 bits per heavy atom. The van der Waals surface area contributed by atoms with Crippen molar-refractivity contribution in [2.75, 3.05) is 0 Å². The number of fused-ring (bicyclic) bond motifs is 1. The minimum Gasteiger partial charge on any atom is -0.507 e. The summed E-state index contributed by atoms with van der Waals surface area (Å²) in [4.78, 5) is 0. The van der Waals surface area contributed by atoms with Crippen LogP contribution >= 0.6 is 0 Å². The average Bonchev–Trinajstić information content (AvgIpc) is 2.37. The van der Waals surface area contributed by atoms with E-state index in [1.54, 1.807) is 0 Å². The quantitative estimate of drug-likeness (QED) is 0.756. The Kier molecular flexibility index (Phi) is 4.46. The maximum atomic E-state index is 10.8. The highest BCUT2D eigenvalue weighted by molar-refractivity contribution is 5.59. The van der Waals surface area contributed by atoms with Crippen LogP contribution < -0.4 is 0 Å². The number of benzene rings is 1. The zero-order valence-electron chi connectivity index (χ0n) is 14.0. The monoisotopic (exact) mass is 274 g/mol. The van der Waals surface area contributed by atoms with Gasteiger partial charge >= 0.3 is 0 Å². The Morgan fingerprint density at radius 2 is 1.10 bits per heavy atom. The molecule has 0 spiro atoms. The highest BCUT2D eigenvalue weighted by Crippen LogP contribution is 2.45. The molecule has 1 N–H and O–H groups in total. The molecule has 1 aliphatic carbocycles. The Bertz CT molecular complexity index is 495. The Balaban J connectivity index is 2.85. The van der Waals surface area contributed by atoms with E-state index >= 15 is 0 Å². The summed E-state index contributed by atoms with van der Waals surface area (Å²) in [5.74, 6) is 2.01. The van der Waals surface area contributed by atoms with Gasteiger partial charge in [0.2, 0.25) is 0 Å². The van der Waals surface area contributed by atoms with E-state index < -0.39 is 0 Å². The van der Waals surface area contributed by atoms with Crippen molar-refractivity contribution in [1.29, 1.82) is 0 Å². The van der Waals surface area contributed by atoms with Gasteiger partial charge in [-0.05, 0) is 65.7 Å². The molecular weight excluding hydrogens is 244 g/mol. The second kappa shape index (κ2) is 5.79. The maximum Gasteiger partial charge on any atom is 0.122 e. The van der Waals surface area contributed by atoms with Crippen LogP contribution in [0.5, 0.6) is 5.75 Å². The molecule has 0 aliphatic heterocycles. The van der Waals surface area contributed by atoms with Crippen molar-refractivity contribution < 1.29 is 5.11 Å². The average molecular weight is 274 g/mol. The second-order valence-electron chi connectivity index (χ2n) is 7.22. The molecule has 0 saturated heterocycles. The summed E-state index contributed by atoms with van der Waals surface area (Å²) in [5.41, 5.74) is 6.90. The maximum absolute atomic E-state index is 10.8. The number of rotatable bonds is 3. The van der Waals surface area contributed by atoms with E-state index in [2.05, 4.69) is 41.5 Å². The zero-order valence-corrected chi connectivity index (χ0v) is 14.0. The molecular formula is C19H30O. The van der Waals surface area contributed by atoms with E-state index in [0.717, 1.165) is 12.8 Å². The second-order valence-corrected chi connectivity index (χ2v) is 7.22. The van der Waals surface area contributed by atoms with Crippen LogP contribution in [0, 0.1) is 0 Å². The third kappa shape index (κ3) is 2.47. The lowest BCUT2D eigenvalue weighted by molar-refractivity contribution is 0.447. The van der Waals surface area contributed by atoms with E-state index in [0.29, 0.717) is 23.5 Å². The highest BCUT2D eigenvalue weighted by Gasteiger charge is 2.28. The highest BCUT2D eigenvalue weighted by atomic mass is 16.3. The van der Waals surface area contributed by atoms with Gasteiger partial charge in [-0.3, -0.25) is 0 Å². The topological polar surface area (TPSA) is 20.2 Å². The summed E-state index contributed by atoms with van der Waals surface area (Å²) in [6.45, 7) is 13.6. The van der Waals surface area contributed by atoms with Crippen LogP contribution in [0.3, 0.4) is 0 Å². The number of hydrogen-bond acceptors (Lipinski definition) is 1. The first kappa shape index (κ1) is 15.4. The van der Waals surface area contributed by atoms with Crippen LogP contribution in [-0.4, -0.2) is 5.11 Å². The van der Waals surface area contributed by atoms with Crippen LogP contribution in [0.15, 0.2) is 0 Å². The summed E-state index contributed by atoms with van der Waals surface area (Å²) in [6.07, 6.45) is 4.69. The molecule has 0 radical (unpaired) electrons. The van der Waals surface area contributed by atoms with E-state index in [-0.39, 0.29) is 0 Å².